The average Bonchev–Trinajstić information content (AvgIpc) is 2.13. The molecular weight excluding hydrogens is 114 g/mol. The topological polar surface area (TPSA) is 36.8 Å². The third-order valence-electron chi connectivity index (χ3n) is 3.05. The molecule has 2 fully saturated rings. The summed E-state index contributed by atoms with van der Waals surface area (Å²) in [6, 6.07) is 1.22. The highest BCUT2D eigenvalue weighted by Crippen LogP contribution is 2.53. The molecule has 0 amide bonds. The van der Waals surface area contributed by atoms with E-state index >= 15 is 0 Å². The van der Waals surface area contributed by atoms with E-state index < -0.39 is 0 Å². The van der Waals surface area contributed by atoms with Gasteiger partial charge in [0.15, 0.2) is 0 Å². The van der Waals surface area contributed by atoms with E-state index in [0.29, 0.717) is 12.1 Å². The molecule has 3 rings (SSSR count). The highest BCUT2D eigenvalue weighted by atomic mass is 15.5. The first-order chi connectivity index (χ1) is 4.47. The third-order valence-corrected chi connectivity index (χ3v) is 3.05. The van der Waals surface area contributed by atoms with Gasteiger partial charge in [-0.3, -0.25) is 5.43 Å². The van der Waals surface area contributed by atoms with E-state index in [0.717, 1.165) is 11.8 Å². The van der Waals surface area contributed by atoms with Crippen molar-refractivity contribution in [2.45, 2.75) is 24.9 Å². The lowest BCUT2D eigenvalue weighted by atomic mass is 9.54. The normalized spacial score (nSPS) is 58.7. The minimum absolute atomic E-state index is 0.573. The Balaban J connectivity index is 1.90. The summed E-state index contributed by atoms with van der Waals surface area (Å²) in [4.78, 5) is 0. The molecule has 0 spiro atoms. The molecular formula is C6H9N3. The summed E-state index contributed by atoms with van der Waals surface area (Å²) in [5, 5.41) is 7.92. The molecule has 4 atom stereocenters. The highest BCUT2D eigenvalue weighted by Gasteiger charge is 2.57. The molecule has 2 saturated carbocycles. The Labute approximate surface area is 53.5 Å². The van der Waals surface area contributed by atoms with Crippen LogP contribution in [-0.4, -0.2) is 12.1 Å². The second kappa shape index (κ2) is 1.13. The molecule has 9 heavy (non-hydrogen) atoms. The van der Waals surface area contributed by atoms with E-state index in [4.69, 9.17) is 0 Å². The van der Waals surface area contributed by atoms with Crippen LogP contribution in [0, 0.1) is 11.8 Å². The fraction of sp³-hybridized carbons (Fsp3) is 1.00. The summed E-state index contributed by atoms with van der Waals surface area (Å²) in [6.07, 6.45) is 2.80. The molecule has 0 radical (unpaired) electrons. The van der Waals surface area contributed by atoms with Crippen LogP contribution in [0.1, 0.15) is 12.8 Å². The van der Waals surface area contributed by atoms with Gasteiger partial charge in [0.1, 0.15) is 0 Å². The quantitative estimate of drug-likeness (QED) is 0.506. The molecule has 1 N–H and O–H groups in total. The fourth-order valence-electron chi connectivity index (χ4n) is 2.29. The summed E-state index contributed by atoms with van der Waals surface area (Å²) < 4.78 is 0. The van der Waals surface area contributed by atoms with Crippen molar-refractivity contribution in [2.24, 2.45) is 22.2 Å². The lowest BCUT2D eigenvalue weighted by Gasteiger charge is -2.53. The zero-order valence-corrected chi connectivity index (χ0v) is 5.12. The van der Waals surface area contributed by atoms with Crippen LogP contribution >= 0.6 is 0 Å². The van der Waals surface area contributed by atoms with E-state index in [1.807, 2.05) is 0 Å². The average molecular weight is 123 g/mol. The molecule has 2 aliphatic carbocycles. The Morgan fingerprint density at radius 1 is 1.22 bits per heavy atom. The van der Waals surface area contributed by atoms with Crippen molar-refractivity contribution in [3.63, 3.8) is 0 Å². The standard InChI is InChI=1S/C6H9N3/c1-2-4-3(1)5-6(4)8-9-7-5/h3-6H,1-2H2,(H,7,8). The van der Waals surface area contributed by atoms with Gasteiger partial charge < -0.3 is 0 Å². The number of nitrogens with one attached hydrogen (secondary N) is 1. The molecule has 1 aliphatic heterocycles. The van der Waals surface area contributed by atoms with Gasteiger partial charge in [-0.05, 0) is 24.7 Å². The summed E-state index contributed by atoms with van der Waals surface area (Å²) in [5.41, 5.74) is 3.05. The summed E-state index contributed by atoms with van der Waals surface area (Å²) in [6.45, 7) is 0. The van der Waals surface area contributed by atoms with E-state index in [2.05, 4.69) is 15.8 Å². The zero-order valence-electron chi connectivity index (χ0n) is 5.12. The fourth-order valence-corrected chi connectivity index (χ4v) is 2.29. The smallest absolute Gasteiger partial charge is 0.0981 e. The first-order valence-corrected chi connectivity index (χ1v) is 3.62. The minimum atomic E-state index is 0.573. The van der Waals surface area contributed by atoms with Crippen LogP contribution in [0.25, 0.3) is 0 Å². The van der Waals surface area contributed by atoms with Crippen LogP contribution in [0.4, 0.5) is 0 Å². The van der Waals surface area contributed by atoms with Crippen LogP contribution in [0.5, 0.6) is 0 Å². The zero-order chi connectivity index (χ0) is 5.84. The molecule has 1 heterocycles. The van der Waals surface area contributed by atoms with Crippen molar-refractivity contribution in [2.75, 3.05) is 0 Å². The minimum Gasteiger partial charge on any atom is -0.286 e. The molecule has 48 valence electrons. The highest BCUT2D eigenvalue weighted by molar-refractivity contribution is 5.12. The Bertz CT molecular complexity index is 177. The van der Waals surface area contributed by atoms with Gasteiger partial charge in [0.05, 0.1) is 12.1 Å². The van der Waals surface area contributed by atoms with Crippen molar-refractivity contribution in [1.82, 2.24) is 5.43 Å². The summed E-state index contributed by atoms with van der Waals surface area (Å²) in [5.74, 6) is 1.85. The van der Waals surface area contributed by atoms with E-state index in [1.54, 1.807) is 0 Å². The van der Waals surface area contributed by atoms with Crippen molar-refractivity contribution in [1.29, 1.82) is 0 Å². The van der Waals surface area contributed by atoms with E-state index in [-0.39, 0.29) is 0 Å². The first-order valence-electron chi connectivity index (χ1n) is 3.62. The van der Waals surface area contributed by atoms with Crippen LogP contribution in [0.3, 0.4) is 0 Å². The third kappa shape index (κ3) is 0.310. The van der Waals surface area contributed by atoms with Crippen molar-refractivity contribution in [3.05, 3.63) is 0 Å². The second-order valence-electron chi connectivity index (χ2n) is 3.27. The van der Waals surface area contributed by atoms with Crippen molar-refractivity contribution < 1.29 is 0 Å². The largest absolute Gasteiger partial charge is 0.286 e. The monoisotopic (exact) mass is 123 g/mol. The number of nitrogens with zero attached hydrogens (tertiary/aromatic N) is 2. The molecule has 3 nitrogen and oxygen atoms in total. The molecule has 0 saturated heterocycles. The molecule has 0 aromatic carbocycles. The predicted molar refractivity (Wildman–Crippen MR) is 31.8 cm³/mol. The van der Waals surface area contributed by atoms with Crippen LogP contribution in [0.15, 0.2) is 10.3 Å². The number of rotatable bonds is 0. The molecule has 0 aromatic heterocycles. The summed E-state index contributed by atoms with van der Waals surface area (Å²) >= 11 is 0. The van der Waals surface area contributed by atoms with Gasteiger partial charge in [0.25, 0.3) is 0 Å². The SMILES string of the molecule is C1CC2C1C1N=NNC21. The maximum Gasteiger partial charge on any atom is 0.0981 e. The first kappa shape index (κ1) is 4.25. The van der Waals surface area contributed by atoms with E-state index in [9.17, 15) is 0 Å². The molecule has 0 aromatic rings. The maximum absolute atomic E-state index is 4.10. The second-order valence-corrected chi connectivity index (χ2v) is 3.27. The lowest BCUT2D eigenvalue weighted by molar-refractivity contribution is -0.00318. The van der Waals surface area contributed by atoms with Gasteiger partial charge in [-0.25, -0.2) is 0 Å². The number of fused-ring (bicyclic) bond motifs is 4. The predicted octanol–water partition coefficient (Wildman–Crippen LogP) is 0.734. The Morgan fingerprint density at radius 2 is 2.11 bits per heavy atom. The van der Waals surface area contributed by atoms with Crippen LogP contribution in [0.2, 0.25) is 0 Å². The van der Waals surface area contributed by atoms with Crippen molar-refractivity contribution >= 4 is 0 Å². The van der Waals surface area contributed by atoms with Gasteiger partial charge in [-0.15, -0.1) is 0 Å². The van der Waals surface area contributed by atoms with Gasteiger partial charge in [-0.2, -0.15) is 5.11 Å². The Kier molecular flexibility index (Phi) is 0.533. The Morgan fingerprint density at radius 3 is 2.78 bits per heavy atom. The van der Waals surface area contributed by atoms with Gasteiger partial charge in [0.2, 0.25) is 0 Å². The van der Waals surface area contributed by atoms with Crippen molar-refractivity contribution in [3.8, 4) is 0 Å². The molecule has 3 aliphatic rings. The van der Waals surface area contributed by atoms with Gasteiger partial charge in [-0.1, -0.05) is 5.22 Å². The maximum atomic E-state index is 4.10. The summed E-state index contributed by atoms with van der Waals surface area (Å²) in [7, 11) is 0. The Hall–Kier alpha value is -0.600. The molecule has 3 heteroatoms. The van der Waals surface area contributed by atoms with Crippen LogP contribution in [-0.2, 0) is 0 Å². The lowest BCUT2D eigenvalue weighted by Crippen LogP contribution is -2.62. The van der Waals surface area contributed by atoms with Gasteiger partial charge >= 0.3 is 0 Å². The van der Waals surface area contributed by atoms with E-state index in [1.165, 1.54) is 12.8 Å². The molecule has 0 bridgehead atoms. The number of hydrogen-bond acceptors (Lipinski definition) is 3. The number of hydrogen-bond donors (Lipinski definition) is 1. The molecule has 4 unspecified atom stereocenters. The van der Waals surface area contributed by atoms with Gasteiger partial charge in [0, 0.05) is 0 Å². The van der Waals surface area contributed by atoms with Crippen LogP contribution < -0.4 is 5.43 Å².